The molecule has 0 spiro atoms. The third-order valence-electron chi connectivity index (χ3n) is 4.30. The Bertz CT molecular complexity index is 928. The van der Waals surface area contributed by atoms with Gasteiger partial charge >= 0.3 is 5.97 Å². The minimum Gasteiger partial charge on any atom is -0.467 e. The molecule has 0 heterocycles. The Hall–Kier alpha value is -3.25. The van der Waals surface area contributed by atoms with Crippen molar-refractivity contribution in [2.75, 3.05) is 13.7 Å². The van der Waals surface area contributed by atoms with Gasteiger partial charge in [-0.05, 0) is 31.9 Å². The molecule has 2 aromatic rings. The third kappa shape index (κ3) is 8.18. The van der Waals surface area contributed by atoms with E-state index in [0.29, 0.717) is 12.2 Å². The van der Waals surface area contributed by atoms with Gasteiger partial charge in [0, 0.05) is 5.56 Å². The monoisotopic (exact) mass is 423 g/mol. The van der Waals surface area contributed by atoms with Gasteiger partial charge in [0.15, 0.2) is 11.8 Å². The summed E-state index contributed by atoms with van der Waals surface area (Å²) in [6, 6.07) is 14.4. The molecule has 2 rings (SSSR count). The highest BCUT2D eigenvalue weighted by atomic mass is 16.5. The number of benzene rings is 2. The van der Waals surface area contributed by atoms with Crippen molar-refractivity contribution >= 4 is 23.7 Å². The normalized spacial score (nSPS) is 12.4. The summed E-state index contributed by atoms with van der Waals surface area (Å²) in [4.78, 5) is 37.3. The van der Waals surface area contributed by atoms with E-state index in [1.165, 1.54) is 7.11 Å². The van der Waals surface area contributed by atoms with Crippen molar-refractivity contribution in [1.82, 2.24) is 5.32 Å². The number of rotatable bonds is 9. The van der Waals surface area contributed by atoms with Crippen LogP contribution in [0.25, 0.3) is 6.08 Å². The lowest BCUT2D eigenvalue weighted by atomic mass is 10.0. The van der Waals surface area contributed by atoms with E-state index in [1.54, 1.807) is 30.3 Å². The second-order valence-electron chi connectivity index (χ2n) is 8.00. The zero-order valence-electron chi connectivity index (χ0n) is 18.4. The fourth-order valence-corrected chi connectivity index (χ4v) is 2.80. The Morgan fingerprint density at radius 3 is 2.39 bits per heavy atom. The summed E-state index contributed by atoms with van der Waals surface area (Å²) in [5, 5.41) is 2.50. The van der Waals surface area contributed by atoms with E-state index in [2.05, 4.69) is 5.32 Å². The molecule has 0 saturated heterocycles. The molecule has 0 saturated carbocycles. The number of carbonyl (C=O) groups excluding carboxylic acids is 3. The third-order valence-corrected chi connectivity index (χ3v) is 4.30. The lowest BCUT2D eigenvalue weighted by molar-refractivity contribution is -0.143. The van der Waals surface area contributed by atoms with E-state index >= 15 is 0 Å². The van der Waals surface area contributed by atoms with Crippen LogP contribution in [0.5, 0.6) is 0 Å². The maximum Gasteiger partial charge on any atom is 0.336 e. The average molecular weight is 424 g/mol. The second-order valence-corrected chi connectivity index (χ2v) is 8.00. The largest absolute Gasteiger partial charge is 0.467 e. The molecular weight excluding hydrogens is 394 g/mol. The molecule has 6 nitrogen and oxygen atoms in total. The van der Waals surface area contributed by atoms with E-state index in [-0.39, 0.29) is 12.0 Å². The van der Waals surface area contributed by atoms with Crippen molar-refractivity contribution in [3.63, 3.8) is 0 Å². The summed E-state index contributed by atoms with van der Waals surface area (Å²) in [6.45, 7) is 6.45. The molecule has 0 aliphatic rings. The first-order valence-corrected chi connectivity index (χ1v) is 10.1. The Labute approximate surface area is 183 Å². The van der Waals surface area contributed by atoms with Gasteiger partial charge in [0.1, 0.15) is 0 Å². The first kappa shape index (κ1) is 24.0. The van der Waals surface area contributed by atoms with Crippen LogP contribution in [0, 0.1) is 0 Å². The average Bonchev–Trinajstić information content (AvgIpc) is 2.74. The highest BCUT2D eigenvalue weighted by Crippen LogP contribution is 2.11. The van der Waals surface area contributed by atoms with Crippen LogP contribution in [0.1, 0.15) is 42.3 Å². The van der Waals surface area contributed by atoms with E-state index in [4.69, 9.17) is 9.47 Å². The van der Waals surface area contributed by atoms with E-state index < -0.39 is 23.7 Å². The zero-order valence-corrected chi connectivity index (χ0v) is 18.4. The molecule has 1 atom stereocenters. The van der Waals surface area contributed by atoms with Crippen molar-refractivity contribution in [1.29, 1.82) is 0 Å². The van der Waals surface area contributed by atoms with Crippen LogP contribution in [0.2, 0.25) is 0 Å². The van der Waals surface area contributed by atoms with Gasteiger partial charge in [0.2, 0.25) is 5.91 Å². The molecule has 2 aromatic carbocycles. The predicted octanol–water partition coefficient (Wildman–Crippen LogP) is 3.60. The first-order chi connectivity index (χ1) is 14.7. The number of carbonyl (C=O) groups is 3. The van der Waals surface area contributed by atoms with Crippen molar-refractivity contribution < 1.29 is 23.9 Å². The van der Waals surface area contributed by atoms with Crippen molar-refractivity contribution in [3.05, 3.63) is 77.4 Å². The Morgan fingerprint density at radius 2 is 1.74 bits per heavy atom. The summed E-state index contributed by atoms with van der Waals surface area (Å²) >= 11 is 0. The molecule has 6 heteroatoms. The lowest BCUT2D eigenvalue weighted by Gasteiger charge is -2.17. The van der Waals surface area contributed by atoms with Gasteiger partial charge in [-0.15, -0.1) is 0 Å². The highest BCUT2D eigenvalue weighted by molar-refractivity contribution is 6.13. The van der Waals surface area contributed by atoms with E-state index in [0.717, 1.165) is 11.1 Å². The van der Waals surface area contributed by atoms with E-state index in [1.807, 2.05) is 57.2 Å². The van der Waals surface area contributed by atoms with Crippen LogP contribution in [0.4, 0.5) is 0 Å². The second kappa shape index (κ2) is 11.2. The number of methoxy groups -OCH3 is 1. The fraction of sp³-hybridized carbons (Fsp3) is 0.320. The molecule has 1 unspecified atom stereocenters. The quantitative estimate of drug-likeness (QED) is 0.379. The number of hydrogen-bond acceptors (Lipinski definition) is 5. The fourth-order valence-electron chi connectivity index (χ4n) is 2.80. The van der Waals surface area contributed by atoms with Crippen LogP contribution in [0.15, 0.2) is 60.7 Å². The summed E-state index contributed by atoms with van der Waals surface area (Å²) in [5.74, 6) is -1.77. The number of Topliss-reactive ketones (excluding diaryl/α,β-unsaturated/α-hetero) is 1. The SMILES string of the molecule is COC(=O)C(NC(=O)Cc1cccc(/C=C/COC(C)(C)C)c1)C(=O)c1ccccc1. The van der Waals surface area contributed by atoms with Gasteiger partial charge in [-0.3, -0.25) is 9.59 Å². The molecule has 0 aliphatic carbocycles. The molecule has 0 aromatic heterocycles. The maximum atomic E-state index is 12.7. The Balaban J connectivity index is 2.03. The number of ether oxygens (including phenoxy) is 2. The van der Waals surface area contributed by atoms with Crippen LogP contribution < -0.4 is 5.32 Å². The minimum absolute atomic E-state index is 0.0235. The molecule has 1 amide bonds. The topological polar surface area (TPSA) is 81.7 Å². The van der Waals surface area contributed by atoms with Gasteiger partial charge in [0.25, 0.3) is 0 Å². The molecule has 31 heavy (non-hydrogen) atoms. The maximum absolute atomic E-state index is 12.7. The zero-order chi connectivity index (χ0) is 22.9. The minimum atomic E-state index is -1.39. The van der Waals surface area contributed by atoms with E-state index in [9.17, 15) is 14.4 Å². The lowest BCUT2D eigenvalue weighted by Crippen LogP contribution is -2.47. The molecule has 0 radical (unpaired) electrons. The first-order valence-electron chi connectivity index (χ1n) is 10.1. The van der Waals surface area contributed by atoms with Gasteiger partial charge < -0.3 is 14.8 Å². The van der Waals surface area contributed by atoms with Crippen LogP contribution in [0.3, 0.4) is 0 Å². The number of ketones is 1. The van der Waals surface area contributed by atoms with Gasteiger partial charge in [-0.25, -0.2) is 4.79 Å². The molecule has 164 valence electrons. The number of hydrogen-bond donors (Lipinski definition) is 1. The molecule has 0 bridgehead atoms. The van der Waals surface area contributed by atoms with Crippen LogP contribution in [-0.4, -0.2) is 43.0 Å². The van der Waals surface area contributed by atoms with Crippen molar-refractivity contribution in [3.8, 4) is 0 Å². The van der Waals surface area contributed by atoms with Crippen molar-refractivity contribution in [2.45, 2.75) is 38.8 Å². The number of amides is 1. The van der Waals surface area contributed by atoms with Crippen molar-refractivity contribution in [2.24, 2.45) is 0 Å². The van der Waals surface area contributed by atoms with Gasteiger partial charge in [-0.2, -0.15) is 0 Å². The summed E-state index contributed by atoms with van der Waals surface area (Å²) < 4.78 is 10.4. The highest BCUT2D eigenvalue weighted by Gasteiger charge is 2.30. The Kier molecular flexibility index (Phi) is 8.70. The number of nitrogens with one attached hydrogen (secondary N) is 1. The van der Waals surface area contributed by atoms with Gasteiger partial charge in [0.05, 0.1) is 25.7 Å². The summed E-state index contributed by atoms with van der Waals surface area (Å²) in [7, 11) is 1.18. The molecular formula is C25H29NO5. The summed E-state index contributed by atoms with van der Waals surface area (Å²) in [6.07, 6.45) is 3.86. The molecule has 0 aliphatic heterocycles. The van der Waals surface area contributed by atoms with Crippen LogP contribution in [-0.2, 0) is 25.5 Å². The molecule has 0 fully saturated rings. The predicted molar refractivity (Wildman–Crippen MR) is 120 cm³/mol. The number of esters is 1. The summed E-state index contributed by atoms with van der Waals surface area (Å²) in [5.41, 5.74) is 1.79. The Morgan fingerprint density at radius 1 is 1.03 bits per heavy atom. The van der Waals surface area contributed by atoms with Crippen LogP contribution >= 0.6 is 0 Å². The standard InChI is InChI=1S/C25H29NO5/c1-25(2,3)31-15-9-12-18-10-8-11-19(16-18)17-21(27)26-22(24(29)30-4)23(28)20-13-6-5-7-14-20/h5-14,16,22H,15,17H2,1-4H3,(H,26,27)/b12-9+. The van der Waals surface area contributed by atoms with Gasteiger partial charge in [-0.1, -0.05) is 66.7 Å². The molecule has 1 N–H and O–H groups in total. The smallest absolute Gasteiger partial charge is 0.336 e.